The average molecular weight is 401 g/mol. The van der Waals surface area contributed by atoms with E-state index in [4.69, 9.17) is 4.74 Å². The standard InChI is InChI=1S/C8H14O2.C6H10O2.C4H6O2.C4H10/c1-4-5-6-10-8(9)7(2)3;1-4-6(7)8-5(2)3;1-3-4(5)6-2;1-4(2)3/h2,4-6H2,1,3H3;4-5H,1H2,2-3H3;3H,1H2,2H3;4H,1-3H3. The Hall–Kier alpha value is -2.37. The number of carbonyl (C=O) groups excluding carboxylic acids is 3. The molecular weight excluding hydrogens is 360 g/mol. The molecule has 0 saturated carbocycles. The van der Waals surface area contributed by atoms with Gasteiger partial charge in [0.05, 0.1) is 19.8 Å². The van der Waals surface area contributed by atoms with Crippen LogP contribution in [0.2, 0.25) is 0 Å². The van der Waals surface area contributed by atoms with Crippen LogP contribution in [0.25, 0.3) is 0 Å². The molecule has 0 aliphatic rings. The van der Waals surface area contributed by atoms with Crippen LogP contribution in [0, 0.1) is 5.92 Å². The zero-order valence-electron chi connectivity index (χ0n) is 19.0. The van der Waals surface area contributed by atoms with Gasteiger partial charge < -0.3 is 14.2 Å². The van der Waals surface area contributed by atoms with E-state index >= 15 is 0 Å². The molecule has 164 valence electrons. The topological polar surface area (TPSA) is 78.9 Å². The van der Waals surface area contributed by atoms with Gasteiger partial charge in [0.2, 0.25) is 0 Å². The van der Waals surface area contributed by atoms with Gasteiger partial charge >= 0.3 is 17.9 Å². The van der Waals surface area contributed by atoms with Gasteiger partial charge in [-0.1, -0.05) is 53.9 Å². The number of unbranched alkanes of at least 4 members (excludes halogenated alkanes) is 1. The van der Waals surface area contributed by atoms with E-state index in [1.165, 1.54) is 7.11 Å². The normalized spacial score (nSPS) is 8.50. The molecule has 0 fully saturated rings. The predicted molar refractivity (Wildman–Crippen MR) is 115 cm³/mol. The van der Waals surface area contributed by atoms with Crippen LogP contribution < -0.4 is 0 Å². The van der Waals surface area contributed by atoms with E-state index in [0.29, 0.717) is 12.2 Å². The number of carbonyl (C=O) groups is 3. The first-order chi connectivity index (χ1) is 12.9. The maximum atomic E-state index is 10.7. The van der Waals surface area contributed by atoms with Crippen LogP contribution in [-0.4, -0.2) is 37.7 Å². The molecule has 0 aliphatic carbocycles. The lowest BCUT2D eigenvalue weighted by molar-refractivity contribution is -0.141. The van der Waals surface area contributed by atoms with E-state index in [1.54, 1.807) is 20.8 Å². The van der Waals surface area contributed by atoms with Crippen molar-refractivity contribution in [2.24, 2.45) is 5.92 Å². The highest BCUT2D eigenvalue weighted by molar-refractivity contribution is 5.86. The lowest BCUT2D eigenvalue weighted by atomic mass is 10.3. The molecule has 0 rings (SSSR count). The largest absolute Gasteiger partial charge is 0.466 e. The molecule has 0 bridgehead atoms. The van der Waals surface area contributed by atoms with Gasteiger partial charge in [-0.25, -0.2) is 14.4 Å². The van der Waals surface area contributed by atoms with E-state index in [1.807, 2.05) is 0 Å². The second-order valence-corrected chi connectivity index (χ2v) is 6.42. The molecule has 0 N–H and O–H groups in total. The zero-order valence-corrected chi connectivity index (χ0v) is 19.0. The third-order valence-corrected chi connectivity index (χ3v) is 1.97. The summed E-state index contributed by atoms with van der Waals surface area (Å²) in [5.74, 6) is -0.205. The quantitative estimate of drug-likeness (QED) is 0.258. The van der Waals surface area contributed by atoms with Crippen molar-refractivity contribution >= 4 is 17.9 Å². The maximum Gasteiger partial charge on any atom is 0.333 e. The van der Waals surface area contributed by atoms with E-state index < -0.39 is 5.97 Å². The fourth-order valence-corrected chi connectivity index (χ4v) is 0.796. The first-order valence-electron chi connectivity index (χ1n) is 9.25. The molecule has 0 aliphatic heterocycles. The smallest absolute Gasteiger partial charge is 0.333 e. The molecule has 0 atom stereocenters. The molecule has 0 spiro atoms. The van der Waals surface area contributed by atoms with Gasteiger partial charge in [0, 0.05) is 17.7 Å². The van der Waals surface area contributed by atoms with Gasteiger partial charge in [0.25, 0.3) is 0 Å². The molecular formula is C22H40O6. The van der Waals surface area contributed by atoms with Crippen molar-refractivity contribution in [3.8, 4) is 0 Å². The van der Waals surface area contributed by atoms with Crippen molar-refractivity contribution in [2.75, 3.05) is 13.7 Å². The molecule has 6 heteroatoms. The summed E-state index contributed by atoms with van der Waals surface area (Å²) in [6.07, 6.45) is 4.20. The first kappa shape index (κ1) is 33.2. The molecule has 6 nitrogen and oxygen atoms in total. The van der Waals surface area contributed by atoms with Crippen LogP contribution in [0.1, 0.15) is 61.3 Å². The van der Waals surface area contributed by atoms with E-state index in [0.717, 1.165) is 30.9 Å². The number of hydrogen-bond acceptors (Lipinski definition) is 6. The van der Waals surface area contributed by atoms with Crippen molar-refractivity contribution in [2.45, 2.75) is 67.4 Å². The Balaban J connectivity index is -0.000000144. The Morgan fingerprint density at radius 3 is 1.57 bits per heavy atom. The number of ether oxygens (including phenoxy) is 3. The minimum atomic E-state index is -0.394. The van der Waals surface area contributed by atoms with Crippen LogP contribution in [0.15, 0.2) is 37.5 Å². The first-order valence-corrected chi connectivity index (χ1v) is 9.25. The van der Waals surface area contributed by atoms with Crippen molar-refractivity contribution in [3.63, 3.8) is 0 Å². The van der Waals surface area contributed by atoms with E-state index in [-0.39, 0.29) is 18.0 Å². The maximum absolute atomic E-state index is 10.7. The van der Waals surface area contributed by atoms with Crippen LogP contribution in [0.3, 0.4) is 0 Å². The SMILES string of the molecule is C=C(C)C(=O)OCCCC.C=CC(=O)OC.C=CC(=O)OC(C)C.CC(C)C. The van der Waals surface area contributed by atoms with Crippen molar-refractivity contribution < 1.29 is 28.6 Å². The highest BCUT2D eigenvalue weighted by Gasteiger charge is 2.00. The fourth-order valence-electron chi connectivity index (χ4n) is 0.796. The Labute approximate surface area is 171 Å². The van der Waals surface area contributed by atoms with Gasteiger partial charge in [0.15, 0.2) is 0 Å². The zero-order chi connectivity index (χ0) is 23.1. The fraction of sp³-hybridized carbons (Fsp3) is 0.591. The summed E-state index contributed by atoms with van der Waals surface area (Å²) < 4.78 is 13.6. The van der Waals surface area contributed by atoms with Gasteiger partial charge in [-0.15, -0.1) is 0 Å². The van der Waals surface area contributed by atoms with Crippen LogP contribution >= 0.6 is 0 Å². The Morgan fingerprint density at radius 2 is 1.39 bits per heavy atom. The molecule has 0 radical (unpaired) electrons. The molecule has 0 heterocycles. The molecule has 0 aromatic carbocycles. The summed E-state index contributed by atoms with van der Waals surface area (Å²) >= 11 is 0. The monoisotopic (exact) mass is 400 g/mol. The van der Waals surface area contributed by atoms with Gasteiger partial charge in [-0.05, 0) is 33.1 Å². The minimum Gasteiger partial charge on any atom is -0.466 e. The van der Waals surface area contributed by atoms with Crippen molar-refractivity contribution in [3.05, 3.63) is 37.5 Å². The van der Waals surface area contributed by atoms with Gasteiger partial charge in [-0.3, -0.25) is 0 Å². The summed E-state index contributed by atoms with van der Waals surface area (Å²) in [6.45, 7) is 24.2. The highest BCUT2D eigenvalue weighted by atomic mass is 16.5. The lowest BCUT2D eigenvalue weighted by Gasteiger charge is -2.02. The average Bonchev–Trinajstić information content (AvgIpc) is 2.60. The highest BCUT2D eigenvalue weighted by Crippen LogP contribution is 1.94. The van der Waals surface area contributed by atoms with Crippen molar-refractivity contribution in [1.29, 1.82) is 0 Å². The second-order valence-electron chi connectivity index (χ2n) is 6.42. The van der Waals surface area contributed by atoms with Crippen LogP contribution in [0.5, 0.6) is 0 Å². The minimum absolute atomic E-state index is 0.0412. The second kappa shape index (κ2) is 24.6. The molecule has 0 unspecified atom stereocenters. The summed E-state index contributed by atoms with van der Waals surface area (Å²) in [4.78, 5) is 30.8. The van der Waals surface area contributed by atoms with Gasteiger partial charge in [0.1, 0.15) is 0 Å². The van der Waals surface area contributed by atoms with Crippen molar-refractivity contribution in [1.82, 2.24) is 0 Å². The summed E-state index contributed by atoms with van der Waals surface area (Å²) in [5, 5.41) is 0. The molecule has 0 saturated heterocycles. The van der Waals surface area contributed by atoms with Gasteiger partial charge in [-0.2, -0.15) is 0 Å². The third-order valence-electron chi connectivity index (χ3n) is 1.97. The third kappa shape index (κ3) is 43.8. The molecule has 28 heavy (non-hydrogen) atoms. The Kier molecular flexibility index (Phi) is 29.2. The van der Waals surface area contributed by atoms with Crippen LogP contribution in [-0.2, 0) is 28.6 Å². The Bertz CT molecular complexity index is 447. The molecule has 0 aromatic rings. The van der Waals surface area contributed by atoms with E-state index in [9.17, 15) is 14.4 Å². The molecule has 0 aromatic heterocycles. The summed E-state index contributed by atoms with van der Waals surface area (Å²) in [5.41, 5.74) is 0.469. The predicted octanol–water partition coefficient (Wildman–Crippen LogP) is 5.04. The summed E-state index contributed by atoms with van der Waals surface area (Å²) in [7, 11) is 1.31. The van der Waals surface area contributed by atoms with Crippen LogP contribution in [0.4, 0.5) is 0 Å². The van der Waals surface area contributed by atoms with E-state index in [2.05, 4.69) is 56.9 Å². The number of esters is 3. The number of methoxy groups -OCH3 is 1. The summed E-state index contributed by atoms with van der Waals surface area (Å²) in [6, 6.07) is 0. The number of rotatable bonds is 7. The Morgan fingerprint density at radius 1 is 0.964 bits per heavy atom. The molecule has 0 amide bonds. The lowest BCUT2D eigenvalue weighted by Crippen LogP contribution is -2.07. The number of hydrogen-bond donors (Lipinski definition) is 0.